The number of halogens is 1. The molecular weight excluding hydrogens is 258 g/mol. The number of amides is 1. The lowest BCUT2D eigenvalue weighted by Crippen LogP contribution is -2.37. The molecule has 0 saturated heterocycles. The summed E-state index contributed by atoms with van der Waals surface area (Å²) in [5, 5.41) is 14.0. The number of aromatic nitrogens is 2. The SMILES string of the molecule is COC[C@@H](O)CN(C)C(=O)c1c(Cl)c(C)nn1C. The molecular formula is C11H18ClN3O3. The van der Waals surface area contributed by atoms with Gasteiger partial charge in [0, 0.05) is 27.7 Å². The summed E-state index contributed by atoms with van der Waals surface area (Å²) in [4.78, 5) is 13.6. The Kier molecular flexibility index (Phi) is 5.13. The van der Waals surface area contributed by atoms with E-state index in [1.54, 1.807) is 21.0 Å². The monoisotopic (exact) mass is 275 g/mol. The lowest BCUT2D eigenvalue weighted by Gasteiger charge is -2.20. The van der Waals surface area contributed by atoms with Crippen LogP contribution in [0.4, 0.5) is 0 Å². The van der Waals surface area contributed by atoms with Crippen LogP contribution in [0.1, 0.15) is 16.2 Å². The summed E-state index contributed by atoms with van der Waals surface area (Å²) in [6.45, 7) is 2.09. The fraction of sp³-hybridized carbons (Fsp3) is 0.636. The molecule has 7 heteroatoms. The minimum Gasteiger partial charge on any atom is -0.389 e. The van der Waals surface area contributed by atoms with Gasteiger partial charge >= 0.3 is 0 Å². The van der Waals surface area contributed by atoms with Gasteiger partial charge < -0.3 is 14.7 Å². The van der Waals surface area contributed by atoms with E-state index in [4.69, 9.17) is 16.3 Å². The number of aryl methyl sites for hydroxylation is 2. The van der Waals surface area contributed by atoms with Gasteiger partial charge in [0.05, 0.1) is 23.4 Å². The van der Waals surface area contributed by atoms with Crippen molar-refractivity contribution in [3.05, 3.63) is 16.4 Å². The summed E-state index contributed by atoms with van der Waals surface area (Å²) in [6, 6.07) is 0. The van der Waals surface area contributed by atoms with Crippen LogP contribution in [-0.2, 0) is 11.8 Å². The molecule has 1 rings (SSSR count). The summed E-state index contributed by atoms with van der Waals surface area (Å²) >= 11 is 6.03. The lowest BCUT2D eigenvalue weighted by atomic mass is 10.3. The molecule has 0 radical (unpaired) electrons. The zero-order valence-corrected chi connectivity index (χ0v) is 11.7. The molecule has 1 atom stereocenters. The summed E-state index contributed by atoms with van der Waals surface area (Å²) in [6.07, 6.45) is -0.725. The Morgan fingerprint density at radius 2 is 2.28 bits per heavy atom. The number of methoxy groups -OCH3 is 1. The number of carbonyl (C=O) groups excluding carboxylic acids is 1. The van der Waals surface area contributed by atoms with Gasteiger partial charge in [-0.15, -0.1) is 0 Å². The number of ether oxygens (including phenoxy) is 1. The van der Waals surface area contributed by atoms with E-state index in [1.165, 1.54) is 16.7 Å². The molecule has 18 heavy (non-hydrogen) atoms. The summed E-state index contributed by atoms with van der Waals surface area (Å²) in [5.74, 6) is -0.279. The van der Waals surface area contributed by atoms with Crippen molar-refractivity contribution in [2.24, 2.45) is 7.05 Å². The topological polar surface area (TPSA) is 67.6 Å². The molecule has 102 valence electrons. The first-order valence-corrected chi connectivity index (χ1v) is 5.87. The molecule has 0 aliphatic rings. The standard InChI is InChI=1S/C11H18ClN3O3/c1-7-9(12)10(15(3)13-7)11(17)14(2)5-8(16)6-18-4/h8,16H,5-6H2,1-4H3/t8-/m0/s1. The maximum atomic E-state index is 12.2. The first-order chi connectivity index (χ1) is 8.38. The molecule has 1 N–H and O–H groups in total. The van der Waals surface area contributed by atoms with Gasteiger partial charge in [-0.1, -0.05) is 11.6 Å². The maximum Gasteiger partial charge on any atom is 0.273 e. The zero-order valence-electron chi connectivity index (χ0n) is 11.0. The number of likely N-dealkylation sites (N-methyl/N-ethyl adjacent to an activating group) is 1. The van der Waals surface area contributed by atoms with Gasteiger partial charge in [0.1, 0.15) is 5.69 Å². The van der Waals surface area contributed by atoms with Crippen molar-refractivity contribution in [2.45, 2.75) is 13.0 Å². The van der Waals surface area contributed by atoms with E-state index in [-0.39, 0.29) is 19.1 Å². The number of nitrogens with zero attached hydrogens (tertiary/aromatic N) is 3. The fourth-order valence-electron chi connectivity index (χ4n) is 1.69. The molecule has 0 aliphatic carbocycles. The van der Waals surface area contributed by atoms with Crippen LogP contribution in [0.2, 0.25) is 5.02 Å². The third-order valence-corrected chi connectivity index (χ3v) is 2.99. The van der Waals surface area contributed by atoms with Crippen molar-refractivity contribution in [3.8, 4) is 0 Å². The number of aliphatic hydroxyl groups excluding tert-OH is 1. The van der Waals surface area contributed by atoms with Gasteiger partial charge in [0.2, 0.25) is 0 Å². The predicted octanol–water partition coefficient (Wildman–Crippen LogP) is 0.461. The van der Waals surface area contributed by atoms with E-state index >= 15 is 0 Å². The van der Waals surface area contributed by atoms with Crippen LogP contribution in [0.5, 0.6) is 0 Å². The third-order valence-electron chi connectivity index (χ3n) is 2.54. The van der Waals surface area contributed by atoms with Crippen molar-refractivity contribution in [1.82, 2.24) is 14.7 Å². The zero-order chi connectivity index (χ0) is 13.9. The fourth-order valence-corrected chi connectivity index (χ4v) is 1.93. The highest BCUT2D eigenvalue weighted by Crippen LogP contribution is 2.20. The second-order valence-corrected chi connectivity index (χ2v) is 4.54. The van der Waals surface area contributed by atoms with Crippen LogP contribution in [0, 0.1) is 6.92 Å². The van der Waals surface area contributed by atoms with E-state index in [2.05, 4.69) is 5.10 Å². The molecule has 0 unspecified atom stereocenters. The van der Waals surface area contributed by atoms with Gasteiger partial charge in [-0.25, -0.2) is 0 Å². The van der Waals surface area contributed by atoms with E-state index < -0.39 is 6.10 Å². The first kappa shape index (κ1) is 14.9. The second-order valence-electron chi connectivity index (χ2n) is 4.17. The smallest absolute Gasteiger partial charge is 0.273 e. The Labute approximate surface area is 111 Å². The lowest BCUT2D eigenvalue weighted by molar-refractivity contribution is 0.0376. The highest BCUT2D eigenvalue weighted by atomic mass is 35.5. The number of carbonyl (C=O) groups is 1. The molecule has 0 aromatic carbocycles. The van der Waals surface area contributed by atoms with Crippen molar-refractivity contribution < 1.29 is 14.6 Å². The first-order valence-electron chi connectivity index (χ1n) is 5.50. The maximum absolute atomic E-state index is 12.2. The van der Waals surface area contributed by atoms with Crippen molar-refractivity contribution in [3.63, 3.8) is 0 Å². The Balaban J connectivity index is 2.80. The summed E-state index contributed by atoms with van der Waals surface area (Å²) in [7, 11) is 4.75. The molecule has 0 fully saturated rings. The minimum atomic E-state index is -0.725. The average Bonchev–Trinajstić information content (AvgIpc) is 2.52. The number of aliphatic hydroxyl groups is 1. The summed E-state index contributed by atoms with van der Waals surface area (Å²) < 4.78 is 6.25. The Morgan fingerprint density at radius 3 is 2.72 bits per heavy atom. The molecule has 0 saturated carbocycles. The van der Waals surface area contributed by atoms with Crippen LogP contribution in [0.3, 0.4) is 0 Å². The molecule has 6 nitrogen and oxygen atoms in total. The molecule has 1 aromatic heterocycles. The molecule has 1 amide bonds. The molecule has 1 heterocycles. The third kappa shape index (κ3) is 3.22. The molecule has 0 aliphatic heterocycles. The Morgan fingerprint density at radius 1 is 1.67 bits per heavy atom. The van der Waals surface area contributed by atoms with Crippen molar-refractivity contribution in [1.29, 1.82) is 0 Å². The van der Waals surface area contributed by atoms with Crippen LogP contribution >= 0.6 is 11.6 Å². The van der Waals surface area contributed by atoms with Gasteiger partial charge in [0.25, 0.3) is 5.91 Å². The highest BCUT2D eigenvalue weighted by Gasteiger charge is 2.23. The molecule has 1 aromatic rings. The Hall–Kier alpha value is -1.11. The molecule has 0 spiro atoms. The average molecular weight is 276 g/mol. The quantitative estimate of drug-likeness (QED) is 0.848. The number of rotatable bonds is 5. The number of hydrogen-bond donors (Lipinski definition) is 1. The van der Waals surface area contributed by atoms with Gasteiger partial charge in [-0.3, -0.25) is 9.48 Å². The second kappa shape index (κ2) is 6.17. The van der Waals surface area contributed by atoms with Crippen LogP contribution in [0.25, 0.3) is 0 Å². The number of hydrogen-bond acceptors (Lipinski definition) is 4. The normalized spacial score (nSPS) is 12.6. The van der Waals surface area contributed by atoms with E-state index in [9.17, 15) is 9.90 Å². The van der Waals surface area contributed by atoms with Crippen molar-refractivity contribution >= 4 is 17.5 Å². The van der Waals surface area contributed by atoms with E-state index in [1.807, 2.05) is 0 Å². The van der Waals surface area contributed by atoms with Crippen LogP contribution in [0.15, 0.2) is 0 Å². The summed E-state index contributed by atoms with van der Waals surface area (Å²) in [5.41, 5.74) is 0.926. The minimum absolute atomic E-state index is 0.174. The van der Waals surface area contributed by atoms with Gasteiger partial charge in [-0.05, 0) is 6.92 Å². The van der Waals surface area contributed by atoms with Crippen LogP contribution in [-0.4, -0.2) is 59.1 Å². The van der Waals surface area contributed by atoms with E-state index in [0.29, 0.717) is 16.4 Å². The largest absolute Gasteiger partial charge is 0.389 e. The van der Waals surface area contributed by atoms with E-state index in [0.717, 1.165) is 0 Å². The molecule has 0 bridgehead atoms. The van der Waals surface area contributed by atoms with Gasteiger partial charge in [-0.2, -0.15) is 5.10 Å². The Bertz CT molecular complexity index is 433. The van der Waals surface area contributed by atoms with Gasteiger partial charge in [0.15, 0.2) is 0 Å². The van der Waals surface area contributed by atoms with Crippen LogP contribution < -0.4 is 0 Å². The predicted molar refractivity (Wildman–Crippen MR) is 67.8 cm³/mol. The highest BCUT2D eigenvalue weighted by molar-refractivity contribution is 6.34. The van der Waals surface area contributed by atoms with Crippen molar-refractivity contribution in [2.75, 3.05) is 27.3 Å².